The van der Waals surface area contributed by atoms with E-state index in [1.54, 1.807) is 5.57 Å². The Morgan fingerprint density at radius 3 is 2.04 bits per heavy atom. The number of fused-ring (bicyclic) bond motifs is 7. The Labute approximate surface area is 316 Å². The van der Waals surface area contributed by atoms with Crippen molar-refractivity contribution < 1.29 is 14.6 Å². The number of rotatable bonds is 18. The molecule has 5 rings (SSSR count). The van der Waals surface area contributed by atoms with Gasteiger partial charge in [-0.2, -0.15) is 0 Å². The lowest BCUT2D eigenvalue weighted by atomic mass is 9.33. The van der Waals surface area contributed by atoms with Crippen LogP contribution in [-0.4, -0.2) is 23.8 Å². The first kappa shape index (κ1) is 41.1. The summed E-state index contributed by atoms with van der Waals surface area (Å²) >= 11 is 0. The number of hydrogen-bond acceptors (Lipinski definition) is 2. The molecule has 0 bridgehead atoms. The first-order chi connectivity index (χ1) is 24.3. The lowest BCUT2D eigenvalue weighted by Crippen LogP contribution is -2.65. The van der Waals surface area contributed by atoms with E-state index in [4.69, 9.17) is 4.74 Å². The Kier molecular flexibility index (Phi) is 13.8. The van der Waals surface area contributed by atoms with Gasteiger partial charge in [0.2, 0.25) is 0 Å². The van der Waals surface area contributed by atoms with E-state index >= 15 is 0 Å². The third-order valence-corrected chi connectivity index (χ3v) is 17.3. The molecule has 0 heterocycles. The Morgan fingerprint density at radius 2 is 1.39 bits per heavy atom. The summed E-state index contributed by atoms with van der Waals surface area (Å²) in [5.41, 5.74) is 1.82. The molecule has 0 radical (unpaired) electrons. The highest BCUT2D eigenvalue weighted by Gasteiger charge is 2.69. The smallest absolute Gasteiger partial charge is 0.310 e. The van der Waals surface area contributed by atoms with Crippen molar-refractivity contribution in [2.24, 2.45) is 56.7 Å². The van der Waals surface area contributed by atoms with Crippen LogP contribution in [0.5, 0.6) is 0 Å². The summed E-state index contributed by atoms with van der Waals surface area (Å²) in [6.45, 7) is 21.0. The zero-order chi connectivity index (χ0) is 36.9. The molecule has 4 saturated carbocycles. The molecule has 0 aromatic rings. The number of carboxylic acids is 1. The number of carboxylic acid groups (broad SMARTS) is 1. The first-order valence-corrected chi connectivity index (χ1v) is 22.5. The first-order valence-electron chi connectivity index (χ1n) is 22.5. The van der Waals surface area contributed by atoms with Gasteiger partial charge in [0.05, 0.1) is 11.5 Å². The lowest BCUT2D eigenvalue weighted by Gasteiger charge is -2.71. The summed E-state index contributed by atoms with van der Waals surface area (Å²) in [5.74, 6) is 2.04. The molecule has 1 N–H and O–H groups in total. The van der Waals surface area contributed by atoms with E-state index in [-0.39, 0.29) is 22.2 Å². The molecular weight excluding hydrogens is 625 g/mol. The fourth-order valence-corrected chi connectivity index (χ4v) is 13.7. The average molecular weight is 707 g/mol. The summed E-state index contributed by atoms with van der Waals surface area (Å²) in [6, 6.07) is 0. The molecule has 0 amide bonds. The van der Waals surface area contributed by atoms with Crippen LogP contribution in [0.25, 0.3) is 0 Å². The van der Waals surface area contributed by atoms with Gasteiger partial charge in [0.1, 0.15) is 0 Å². The normalized spacial score (nSPS) is 40.2. The molecule has 1 unspecified atom stereocenters. The van der Waals surface area contributed by atoms with Gasteiger partial charge in [-0.05, 0) is 141 Å². The number of carbonyl (C=O) groups is 1. The standard InChI is InChI=1S/C48H82O3/c1-9-10-11-12-13-14-15-16-17-18-19-20-21-22-23-24-35-51-41-29-30-45(6)39(44(41,4)5)28-31-47(8)40(45)26-25-38-42-37(3)36(2)27-32-48(42,43(49)50)34-33-46(38,47)7/h14-15,25,36-37,39-42H,9-13,16-24,26-35H2,1-8H3,(H,49,50)/t36-,37+,39?,40-,41+,42+,45+,46-,47-,48+/m1/s1. The maximum atomic E-state index is 13.0. The van der Waals surface area contributed by atoms with Crippen LogP contribution in [0, 0.1) is 56.7 Å². The van der Waals surface area contributed by atoms with Crippen LogP contribution in [-0.2, 0) is 9.53 Å². The molecule has 0 saturated heterocycles. The molecule has 0 aromatic carbocycles. The molecule has 3 nitrogen and oxygen atoms in total. The fraction of sp³-hybridized carbons (Fsp3) is 0.896. The topological polar surface area (TPSA) is 46.5 Å². The van der Waals surface area contributed by atoms with Gasteiger partial charge in [-0.25, -0.2) is 0 Å². The van der Waals surface area contributed by atoms with Gasteiger partial charge in [-0.1, -0.05) is 137 Å². The monoisotopic (exact) mass is 707 g/mol. The Morgan fingerprint density at radius 1 is 0.765 bits per heavy atom. The Bertz CT molecular complexity index is 1200. The van der Waals surface area contributed by atoms with Crippen molar-refractivity contribution in [1.82, 2.24) is 0 Å². The molecule has 0 aliphatic heterocycles. The molecule has 51 heavy (non-hydrogen) atoms. The molecule has 0 aromatic heterocycles. The highest BCUT2D eigenvalue weighted by atomic mass is 16.5. The average Bonchev–Trinajstić information content (AvgIpc) is 3.08. The third kappa shape index (κ3) is 7.87. The summed E-state index contributed by atoms with van der Waals surface area (Å²) in [6.07, 6.45) is 36.7. The second-order valence-electron chi connectivity index (χ2n) is 20.3. The van der Waals surface area contributed by atoms with Gasteiger partial charge in [0.15, 0.2) is 0 Å². The van der Waals surface area contributed by atoms with Gasteiger partial charge in [-0.15, -0.1) is 0 Å². The number of unbranched alkanes of at least 4 members (excludes halogenated alkanes) is 12. The van der Waals surface area contributed by atoms with Crippen molar-refractivity contribution >= 4 is 5.97 Å². The van der Waals surface area contributed by atoms with E-state index in [0.29, 0.717) is 35.2 Å². The van der Waals surface area contributed by atoms with Crippen LogP contribution in [0.15, 0.2) is 23.8 Å². The third-order valence-electron chi connectivity index (χ3n) is 17.3. The van der Waals surface area contributed by atoms with Crippen LogP contribution >= 0.6 is 0 Å². The predicted octanol–water partition coefficient (Wildman–Crippen LogP) is 14.2. The number of hydrogen-bond donors (Lipinski definition) is 1. The van der Waals surface area contributed by atoms with Gasteiger partial charge in [-0.3, -0.25) is 4.79 Å². The minimum Gasteiger partial charge on any atom is -0.481 e. The van der Waals surface area contributed by atoms with Gasteiger partial charge in [0.25, 0.3) is 0 Å². The maximum Gasteiger partial charge on any atom is 0.310 e. The zero-order valence-electron chi connectivity index (χ0n) is 34.9. The van der Waals surface area contributed by atoms with E-state index < -0.39 is 11.4 Å². The van der Waals surface area contributed by atoms with Gasteiger partial charge < -0.3 is 9.84 Å². The van der Waals surface area contributed by atoms with Gasteiger partial charge in [0, 0.05) is 6.61 Å². The minimum absolute atomic E-state index is 0.0981. The molecule has 0 spiro atoms. The predicted molar refractivity (Wildman–Crippen MR) is 216 cm³/mol. The summed E-state index contributed by atoms with van der Waals surface area (Å²) in [5, 5.41) is 10.7. The lowest BCUT2D eigenvalue weighted by molar-refractivity contribution is -0.213. The molecule has 3 heteroatoms. The molecule has 5 aliphatic carbocycles. The van der Waals surface area contributed by atoms with E-state index in [1.807, 2.05) is 0 Å². The van der Waals surface area contributed by atoms with Gasteiger partial charge >= 0.3 is 5.97 Å². The molecule has 10 atom stereocenters. The van der Waals surface area contributed by atoms with Crippen LogP contribution in [0.2, 0.25) is 0 Å². The van der Waals surface area contributed by atoms with Crippen LogP contribution in [0.3, 0.4) is 0 Å². The number of allylic oxidation sites excluding steroid dienone is 4. The van der Waals surface area contributed by atoms with Crippen LogP contribution in [0.1, 0.15) is 203 Å². The Hall–Kier alpha value is -1.09. The number of aliphatic carboxylic acids is 1. The molecule has 4 fully saturated rings. The van der Waals surface area contributed by atoms with E-state index in [0.717, 1.165) is 38.7 Å². The van der Waals surface area contributed by atoms with Crippen molar-refractivity contribution in [3.63, 3.8) is 0 Å². The second-order valence-corrected chi connectivity index (χ2v) is 20.3. The zero-order valence-corrected chi connectivity index (χ0v) is 34.9. The van der Waals surface area contributed by atoms with E-state index in [1.165, 1.54) is 116 Å². The van der Waals surface area contributed by atoms with Crippen molar-refractivity contribution in [3.8, 4) is 0 Å². The molecule has 5 aliphatic rings. The highest BCUT2D eigenvalue weighted by Crippen LogP contribution is 2.75. The van der Waals surface area contributed by atoms with E-state index in [9.17, 15) is 9.90 Å². The largest absolute Gasteiger partial charge is 0.481 e. The molecule has 292 valence electrons. The van der Waals surface area contributed by atoms with E-state index in [2.05, 4.69) is 73.6 Å². The quantitative estimate of drug-likeness (QED) is 0.114. The van der Waals surface area contributed by atoms with Crippen molar-refractivity contribution in [2.75, 3.05) is 6.61 Å². The van der Waals surface area contributed by atoms with Crippen molar-refractivity contribution in [2.45, 2.75) is 209 Å². The van der Waals surface area contributed by atoms with Crippen LogP contribution in [0.4, 0.5) is 0 Å². The SMILES string of the molecule is CCCCCCC=CCCCCCCCCCCO[C@H]1CC[C@@]2(C)C(CC[C@]3(C)[C@@H]2CC=C2[C@@H]4[C@@H](C)[C@H](C)CC[C@]4(C(=O)O)CC[C@]23C)C1(C)C. The minimum atomic E-state index is -0.552. The second kappa shape index (κ2) is 17.1. The maximum absolute atomic E-state index is 13.0. The summed E-state index contributed by atoms with van der Waals surface area (Å²) in [4.78, 5) is 13.0. The van der Waals surface area contributed by atoms with Crippen LogP contribution < -0.4 is 0 Å². The van der Waals surface area contributed by atoms with Crippen molar-refractivity contribution in [3.05, 3.63) is 23.8 Å². The molecular formula is C48H82O3. The fourth-order valence-electron chi connectivity index (χ4n) is 13.7. The summed E-state index contributed by atoms with van der Waals surface area (Å²) in [7, 11) is 0. The summed E-state index contributed by atoms with van der Waals surface area (Å²) < 4.78 is 6.82. The number of ether oxygens (including phenoxy) is 1. The Balaban J connectivity index is 1.09. The van der Waals surface area contributed by atoms with Crippen molar-refractivity contribution in [1.29, 1.82) is 0 Å². The highest BCUT2D eigenvalue weighted by molar-refractivity contribution is 5.76.